The van der Waals surface area contributed by atoms with Crippen molar-refractivity contribution in [1.29, 1.82) is 0 Å². The minimum Gasteiger partial charge on any atom is -0.497 e. The molecule has 7 heteroatoms. The van der Waals surface area contributed by atoms with E-state index in [2.05, 4.69) is 0 Å². The number of aldehydes is 1. The molecule has 0 fully saturated rings. The van der Waals surface area contributed by atoms with E-state index in [4.69, 9.17) is 9.47 Å². The smallest absolute Gasteiger partial charge is 0.244 e. The number of rotatable bonds is 5. The molecule has 0 atom stereocenters. The second kappa shape index (κ2) is 6.26. The Labute approximate surface area is 140 Å². The maximum Gasteiger partial charge on any atom is 0.244 e. The molecule has 0 saturated carbocycles. The predicted octanol–water partition coefficient (Wildman–Crippen LogP) is 2.22. The van der Waals surface area contributed by atoms with Gasteiger partial charge in [-0.25, -0.2) is 8.42 Å². The van der Waals surface area contributed by atoms with Crippen LogP contribution in [0.25, 0.3) is 0 Å². The van der Waals surface area contributed by atoms with Crippen LogP contribution in [0.1, 0.15) is 21.5 Å². The Bertz CT molecular complexity index is 892. The van der Waals surface area contributed by atoms with Crippen LogP contribution in [0.5, 0.6) is 11.5 Å². The summed E-state index contributed by atoms with van der Waals surface area (Å²) >= 11 is 0. The third-order valence-corrected chi connectivity index (χ3v) is 5.92. The lowest BCUT2D eigenvalue weighted by atomic mass is 10.1. The van der Waals surface area contributed by atoms with Crippen LogP contribution in [-0.4, -0.2) is 33.2 Å². The first kappa shape index (κ1) is 16.5. The van der Waals surface area contributed by atoms with E-state index in [1.54, 1.807) is 31.4 Å². The molecular formula is C17H17NO5S. The number of hydrogen-bond donors (Lipinski definition) is 0. The zero-order chi connectivity index (χ0) is 17.3. The molecule has 2 aromatic carbocycles. The Balaban J connectivity index is 1.93. The van der Waals surface area contributed by atoms with Gasteiger partial charge in [-0.3, -0.25) is 4.79 Å². The van der Waals surface area contributed by atoms with Crippen molar-refractivity contribution in [3.8, 4) is 11.5 Å². The van der Waals surface area contributed by atoms with E-state index in [1.807, 2.05) is 0 Å². The summed E-state index contributed by atoms with van der Waals surface area (Å²) in [5.41, 5.74) is 1.84. The van der Waals surface area contributed by atoms with E-state index < -0.39 is 10.0 Å². The molecule has 1 aliphatic rings. The number of fused-ring (bicyclic) bond motifs is 1. The highest BCUT2D eigenvalue weighted by atomic mass is 32.2. The van der Waals surface area contributed by atoms with Gasteiger partial charge < -0.3 is 9.47 Å². The van der Waals surface area contributed by atoms with E-state index in [-0.39, 0.29) is 18.0 Å². The molecule has 0 aliphatic carbocycles. The van der Waals surface area contributed by atoms with E-state index in [9.17, 15) is 13.2 Å². The molecule has 1 aliphatic heterocycles. The second-order valence-electron chi connectivity index (χ2n) is 5.44. The Hall–Kier alpha value is -2.38. The highest BCUT2D eigenvalue weighted by Gasteiger charge is 2.35. The molecule has 6 nitrogen and oxygen atoms in total. The summed E-state index contributed by atoms with van der Waals surface area (Å²) in [6, 6.07) is 9.88. The summed E-state index contributed by atoms with van der Waals surface area (Å²) in [5.74, 6) is 1.20. The quantitative estimate of drug-likeness (QED) is 0.776. The molecule has 3 rings (SSSR count). The molecule has 0 saturated heterocycles. The highest BCUT2D eigenvalue weighted by molar-refractivity contribution is 7.89. The minimum atomic E-state index is -3.58. The van der Waals surface area contributed by atoms with Crippen molar-refractivity contribution in [2.24, 2.45) is 0 Å². The molecule has 0 radical (unpaired) electrons. The van der Waals surface area contributed by atoms with Crippen LogP contribution in [0.2, 0.25) is 0 Å². The third-order valence-electron chi connectivity index (χ3n) is 4.03. The van der Waals surface area contributed by atoms with Gasteiger partial charge in [-0.05, 0) is 23.8 Å². The van der Waals surface area contributed by atoms with E-state index >= 15 is 0 Å². The van der Waals surface area contributed by atoms with E-state index in [0.717, 1.165) is 5.56 Å². The SMILES string of the molecule is COc1ccc(CN2Cc3cc(C=O)ccc3S2(=O)=O)c(OC)c1. The number of ether oxygens (including phenoxy) is 2. The predicted molar refractivity (Wildman–Crippen MR) is 87.8 cm³/mol. The van der Waals surface area contributed by atoms with Gasteiger partial charge >= 0.3 is 0 Å². The van der Waals surface area contributed by atoms with Crippen LogP contribution in [0.4, 0.5) is 0 Å². The zero-order valence-electron chi connectivity index (χ0n) is 13.4. The average Bonchev–Trinajstić information content (AvgIpc) is 2.85. The summed E-state index contributed by atoms with van der Waals surface area (Å²) in [7, 11) is -0.494. The molecule has 0 amide bonds. The summed E-state index contributed by atoms with van der Waals surface area (Å²) in [6.07, 6.45) is 0.710. The normalized spacial score (nSPS) is 15.8. The van der Waals surface area contributed by atoms with Gasteiger partial charge in [-0.15, -0.1) is 0 Å². The Morgan fingerprint density at radius 3 is 2.58 bits per heavy atom. The van der Waals surface area contributed by atoms with Crippen LogP contribution in [0, 0.1) is 0 Å². The van der Waals surface area contributed by atoms with Crippen LogP contribution >= 0.6 is 0 Å². The minimum absolute atomic E-state index is 0.181. The fourth-order valence-corrected chi connectivity index (χ4v) is 4.37. The fraction of sp³-hybridized carbons (Fsp3) is 0.235. The molecule has 0 bridgehead atoms. The summed E-state index contributed by atoms with van der Waals surface area (Å²) in [4.78, 5) is 11.1. The topological polar surface area (TPSA) is 72.9 Å². The average molecular weight is 347 g/mol. The van der Waals surface area contributed by atoms with Crippen molar-refractivity contribution in [2.75, 3.05) is 14.2 Å². The number of sulfonamides is 1. The number of methoxy groups -OCH3 is 2. The van der Waals surface area contributed by atoms with Crippen molar-refractivity contribution in [2.45, 2.75) is 18.0 Å². The van der Waals surface area contributed by atoms with Gasteiger partial charge in [0.1, 0.15) is 17.8 Å². The molecule has 0 unspecified atom stereocenters. The Morgan fingerprint density at radius 1 is 1.12 bits per heavy atom. The van der Waals surface area contributed by atoms with Crippen molar-refractivity contribution >= 4 is 16.3 Å². The molecule has 0 spiro atoms. The van der Waals surface area contributed by atoms with Crippen molar-refractivity contribution < 1.29 is 22.7 Å². The van der Waals surface area contributed by atoms with Crippen molar-refractivity contribution in [1.82, 2.24) is 4.31 Å². The summed E-state index contributed by atoms with van der Waals surface area (Å²) in [6.45, 7) is 0.412. The first-order valence-corrected chi connectivity index (χ1v) is 8.72. The first-order valence-electron chi connectivity index (χ1n) is 7.28. The van der Waals surface area contributed by atoms with Gasteiger partial charge in [0.25, 0.3) is 0 Å². The lowest BCUT2D eigenvalue weighted by Gasteiger charge is -2.17. The third kappa shape index (κ3) is 2.76. The summed E-state index contributed by atoms with van der Waals surface area (Å²) < 4.78 is 37.2. The van der Waals surface area contributed by atoms with Gasteiger partial charge in [0.15, 0.2) is 0 Å². The maximum atomic E-state index is 12.7. The lowest BCUT2D eigenvalue weighted by Crippen LogP contribution is -2.24. The zero-order valence-corrected chi connectivity index (χ0v) is 14.2. The number of benzene rings is 2. The lowest BCUT2D eigenvalue weighted by molar-refractivity contribution is 0.112. The Morgan fingerprint density at radius 2 is 1.92 bits per heavy atom. The second-order valence-corrected chi connectivity index (χ2v) is 7.34. The van der Waals surface area contributed by atoms with Crippen molar-refractivity contribution in [3.63, 3.8) is 0 Å². The molecule has 0 aromatic heterocycles. The molecule has 24 heavy (non-hydrogen) atoms. The first-order chi connectivity index (χ1) is 11.5. The van der Waals surface area contributed by atoms with Gasteiger partial charge in [0.05, 0.1) is 19.1 Å². The van der Waals surface area contributed by atoms with Crippen molar-refractivity contribution in [3.05, 3.63) is 53.1 Å². The number of nitrogens with zero attached hydrogens (tertiary/aromatic N) is 1. The van der Waals surface area contributed by atoms with Gasteiger partial charge in [-0.2, -0.15) is 4.31 Å². The number of carbonyl (C=O) groups excluding carboxylic acids is 1. The van der Waals surface area contributed by atoms with Gasteiger partial charge in [0, 0.05) is 30.3 Å². The van der Waals surface area contributed by atoms with Crippen LogP contribution in [-0.2, 0) is 23.1 Å². The number of hydrogen-bond acceptors (Lipinski definition) is 5. The molecule has 1 heterocycles. The largest absolute Gasteiger partial charge is 0.497 e. The Kier molecular flexibility index (Phi) is 4.29. The fourth-order valence-electron chi connectivity index (χ4n) is 2.78. The van der Waals surface area contributed by atoms with Crippen LogP contribution in [0.3, 0.4) is 0 Å². The van der Waals surface area contributed by atoms with E-state index in [1.165, 1.54) is 23.5 Å². The molecule has 126 valence electrons. The summed E-state index contributed by atoms with van der Waals surface area (Å²) in [5, 5.41) is 0. The van der Waals surface area contributed by atoms with Crippen LogP contribution < -0.4 is 9.47 Å². The standard InChI is InChI=1S/C17H17NO5S/c1-22-15-5-4-13(16(8-15)23-2)9-18-10-14-7-12(11-19)3-6-17(14)24(18,20)21/h3-8,11H,9-10H2,1-2H3. The van der Waals surface area contributed by atoms with Gasteiger partial charge in [0.2, 0.25) is 10.0 Å². The molecule has 2 aromatic rings. The molecule has 0 N–H and O–H groups in total. The highest BCUT2D eigenvalue weighted by Crippen LogP contribution is 2.34. The maximum absolute atomic E-state index is 12.7. The number of carbonyl (C=O) groups is 1. The van der Waals surface area contributed by atoms with Gasteiger partial charge in [-0.1, -0.05) is 12.1 Å². The van der Waals surface area contributed by atoms with E-state index in [0.29, 0.717) is 28.9 Å². The van der Waals surface area contributed by atoms with Crippen LogP contribution in [0.15, 0.2) is 41.3 Å². The molecular weight excluding hydrogens is 330 g/mol. The monoisotopic (exact) mass is 347 g/mol.